The molecule has 1 aromatic rings. The molecule has 0 radical (unpaired) electrons. The van der Waals surface area contributed by atoms with E-state index in [4.69, 9.17) is 4.74 Å². The highest BCUT2D eigenvalue weighted by Crippen LogP contribution is 2.29. The van der Waals surface area contributed by atoms with Crippen molar-refractivity contribution in [1.82, 2.24) is 4.90 Å². The first-order chi connectivity index (χ1) is 11.1. The summed E-state index contributed by atoms with van der Waals surface area (Å²) in [7, 11) is 0. The van der Waals surface area contributed by atoms with Crippen molar-refractivity contribution in [2.24, 2.45) is 5.92 Å². The Balaban J connectivity index is 2.85. The number of halogens is 3. The van der Waals surface area contributed by atoms with Gasteiger partial charge < -0.3 is 9.64 Å². The molecule has 0 aliphatic heterocycles. The van der Waals surface area contributed by atoms with Crippen molar-refractivity contribution in [2.75, 3.05) is 19.7 Å². The molecule has 0 aliphatic rings. The monoisotopic (exact) mass is 345 g/mol. The number of rotatable bonds is 7. The molecule has 4 nitrogen and oxygen atoms in total. The van der Waals surface area contributed by atoms with Gasteiger partial charge >= 0.3 is 12.1 Å². The fraction of sp³-hybridized carbons (Fsp3) is 0.529. The van der Waals surface area contributed by atoms with Crippen molar-refractivity contribution in [3.63, 3.8) is 0 Å². The molecule has 1 amide bonds. The molecule has 1 rings (SSSR count). The molecule has 7 heteroatoms. The van der Waals surface area contributed by atoms with Crippen molar-refractivity contribution in [2.45, 2.75) is 33.4 Å². The average Bonchev–Trinajstić information content (AvgIpc) is 2.50. The Morgan fingerprint density at radius 2 is 1.75 bits per heavy atom. The van der Waals surface area contributed by atoms with Crippen molar-refractivity contribution in [3.05, 3.63) is 35.4 Å². The normalized spacial score (nSPS) is 11.5. The van der Waals surface area contributed by atoms with Crippen LogP contribution in [0.25, 0.3) is 0 Å². The first kappa shape index (κ1) is 20.0. The number of esters is 1. The van der Waals surface area contributed by atoms with Gasteiger partial charge in [0.25, 0.3) is 5.91 Å². The summed E-state index contributed by atoms with van der Waals surface area (Å²) < 4.78 is 42.6. The van der Waals surface area contributed by atoms with E-state index < -0.39 is 23.6 Å². The summed E-state index contributed by atoms with van der Waals surface area (Å²) in [5.74, 6) is -0.654. The molecule has 0 saturated carbocycles. The zero-order valence-electron chi connectivity index (χ0n) is 14.0. The number of benzene rings is 1. The van der Waals surface area contributed by atoms with Crippen LogP contribution < -0.4 is 0 Å². The SMILES string of the molecule is CCOC(=O)CCN(CC(C)C)C(=O)c1ccc(C(F)(F)F)cc1. The molecule has 0 bridgehead atoms. The summed E-state index contributed by atoms with van der Waals surface area (Å²) in [5, 5.41) is 0. The lowest BCUT2D eigenvalue weighted by Crippen LogP contribution is -2.36. The second-order valence-electron chi connectivity index (χ2n) is 5.78. The first-order valence-corrected chi connectivity index (χ1v) is 7.77. The summed E-state index contributed by atoms with van der Waals surface area (Å²) in [4.78, 5) is 25.4. The first-order valence-electron chi connectivity index (χ1n) is 7.77. The lowest BCUT2D eigenvalue weighted by atomic mass is 10.1. The number of hydrogen-bond acceptors (Lipinski definition) is 3. The van der Waals surface area contributed by atoms with E-state index in [1.807, 2.05) is 13.8 Å². The van der Waals surface area contributed by atoms with Crippen LogP contribution in [-0.4, -0.2) is 36.5 Å². The van der Waals surface area contributed by atoms with Crippen LogP contribution in [0.4, 0.5) is 13.2 Å². The van der Waals surface area contributed by atoms with Gasteiger partial charge in [-0.2, -0.15) is 13.2 Å². The van der Waals surface area contributed by atoms with Gasteiger partial charge in [0.05, 0.1) is 18.6 Å². The fourth-order valence-electron chi connectivity index (χ4n) is 2.16. The Hall–Kier alpha value is -2.05. The lowest BCUT2D eigenvalue weighted by Gasteiger charge is -2.24. The molecule has 0 aromatic heterocycles. The molecule has 0 aliphatic carbocycles. The number of alkyl halides is 3. The highest BCUT2D eigenvalue weighted by molar-refractivity contribution is 5.94. The molecule has 0 fully saturated rings. The quantitative estimate of drug-likeness (QED) is 0.707. The van der Waals surface area contributed by atoms with Gasteiger partial charge in [-0.05, 0) is 37.1 Å². The van der Waals surface area contributed by atoms with Crippen LogP contribution in [0.15, 0.2) is 24.3 Å². The van der Waals surface area contributed by atoms with Gasteiger partial charge in [-0.1, -0.05) is 13.8 Å². The van der Waals surface area contributed by atoms with Crippen LogP contribution in [-0.2, 0) is 15.7 Å². The minimum Gasteiger partial charge on any atom is -0.466 e. The molecule has 0 unspecified atom stereocenters. The minimum atomic E-state index is -4.44. The Morgan fingerprint density at radius 3 is 2.21 bits per heavy atom. The Kier molecular flexibility index (Phi) is 7.25. The number of nitrogens with zero attached hydrogens (tertiary/aromatic N) is 1. The summed E-state index contributed by atoms with van der Waals surface area (Å²) >= 11 is 0. The van der Waals surface area contributed by atoms with Crippen molar-refractivity contribution in [1.29, 1.82) is 0 Å². The molecule has 1 aromatic carbocycles. The maximum Gasteiger partial charge on any atom is 0.416 e. The molecule has 0 heterocycles. The van der Waals surface area contributed by atoms with Crippen molar-refractivity contribution in [3.8, 4) is 0 Å². The van der Waals surface area contributed by atoms with Crippen LogP contribution in [0.5, 0.6) is 0 Å². The molecular formula is C17H22F3NO3. The second-order valence-corrected chi connectivity index (χ2v) is 5.78. The third-order valence-corrected chi connectivity index (χ3v) is 3.22. The molecule has 0 N–H and O–H groups in total. The van der Waals surface area contributed by atoms with E-state index in [0.717, 1.165) is 24.3 Å². The lowest BCUT2D eigenvalue weighted by molar-refractivity contribution is -0.143. The van der Waals surface area contributed by atoms with E-state index in [9.17, 15) is 22.8 Å². The second kappa shape index (κ2) is 8.70. The number of ether oxygens (including phenoxy) is 1. The summed E-state index contributed by atoms with van der Waals surface area (Å²) in [6.07, 6.45) is -4.39. The number of hydrogen-bond donors (Lipinski definition) is 0. The highest BCUT2D eigenvalue weighted by atomic mass is 19.4. The third kappa shape index (κ3) is 6.22. The maximum absolute atomic E-state index is 12.6. The largest absolute Gasteiger partial charge is 0.466 e. The molecule has 0 spiro atoms. The predicted octanol–water partition coefficient (Wildman–Crippen LogP) is 3.76. The van der Waals surface area contributed by atoms with Crippen LogP contribution in [0.1, 0.15) is 43.1 Å². The van der Waals surface area contributed by atoms with Gasteiger partial charge in [0.1, 0.15) is 0 Å². The molecule has 24 heavy (non-hydrogen) atoms. The third-order valence-electron chi connectivity index (χ3n) is 3.22. The van der Waals surface area contributed by atoms with E-state index >= 15 is 0 Å². The summed E-state index contributed by atoms with van der Waals surface area (Å²) in [5.41, 5.74) is -0.645. The van der Waals surface area contributed by atoms with Crippen molar-refractivity contribution < 1.29 is 27.5 Å². The van der Waals surface area contributed by atoms with Gasteiger partial charge in [-0.3, -0.25) is 9.59 Å². The van der Waals surface area contributed by atoms with Gasteiger partial charge in [0.15, 0.2) is 0 Å². The number of carbonyl (C=O) groups excluding carboxylic acids is 2. The van der Waals surface area contributed by atoms with Crippen LogP contribution in [0.3, 0.4) is 0 Å². The predicted molar refractivity (Wildman–Crippen MR) is 83.4 cm³/mol. The van der Waals surface area contributed by atoms with E-state index in [-0.39, 0.29) is 31.1 Å². The topological polar surface area (TPSA) is 46.6 Å². The molecule has 0 saturated heterocycles. The highest BCUT2D eigenvalue weighted by Gasteiger charge is 2.30. The van der Waals surface area contributed by atoms with E-state index in [2.05, 4.69) is 0 Å². The number of carbonyl (C=O) groups is 2. The maximum atomic E-state index is 12.6. The molecule has 0 atom stereocenters. The average molecular weight is 345 g/mol. The van der Waals surface area contributed by atoms with Gasteiger partial charge in [0.2, 0.25) is 0 Å². The molecule has 134 valence electrons. The summed E-state index contributed by atoms with van der Waals surface area (Å²) in [6, 6.07) is 4.07. The van der Waals surface area contributed by atoms with E-state index in [1.54, 1.807) is 6.92 Å². The van der Waals surface area contributed by atoms with E-state index in [1.165, 1.54) is 4.90 Å². The standard InChI is InChI=1S/C17H22F3NO3/c1-4-24-15(22)9-10-21(11-12(2)3)16(23)13-5-7-14(8-6-13)17(18,19)20/h5-8,12H,4,9-11H2,1-3H3. The minimum absolute atomic E-state index is 0.0485. The van der Waals surface area contributed by atoms with Gasteiger partial charge in [-0.25, -0.2) is 0 Å². The van der Waals surface area contributed by atoms with Crippen LogP contribution in [0.2, 0.25) is 0 Å². The smallest absolute Gasteiger partial charge is 0.416 e. The van der Waals surface area contributed by atoms with Crippen LogP contribution >= 0.6 is 0 Å². The molecular weight excluding hydrogens is 323 g/mol. The zero-order chi connectivity index (χ0) is 18.3. The summed E-state index contributed by atoms with van der Waals surface area (Å²) in [6.45, 7) is 6.35. The Bertz CT molecular complexity index is 553. The fourth-order valence-corrected chi connectivity index (χ4v) is 2.16. The Morgan fingerprint density at radius 1 is 1.17 bits per heavy atom. The van der Waals surface area contributed by atoms with Crippen LogP contribution in [0, 0.1) is 5.92 Å². The van der Waals surface area contributed by atoms with Crippen molar-refractivity contribution >= 4 is 11.9 Å². The zero-order valence-corrected chi connectivity index (χ0v) is 14.0. The Labute approximate surface area is 139 Å². The van der Waals surface area contributed by atoms with E-state index in [0.29, 0.717) is 6.54 Å². The van der Waals surface area contributed by atoms with Gasteiger partial charge in [-0.15, -0.1) is 0 Å². The number of amides is 1. The van der Waals surface area contributed by atoms with Gasteiger partial charge in [0, 0.05) is 18.7 Å².